The summed E-state index contributed by atoms with van der Waals surface area (Å²) in [5, 5.41) is 13.3. The lowest BCUT2D eigenvalue weighted by Gasteiger charge is -2.34. The van der Waals surface area contributed by atoms with Gasteiger partial charge < -0.3 is 9.64 Å². The van der Waals surface area contributed by atoms with E-state index >= 15 is 0 Å². The van der Waals surface area contributed by atoms with Crippen LogP contribution in [0.25, 0.3) is 11.3 Å². The second-order valence-corrected chi connectivity index (χ2v) is 6.52. The summed E-state index contributed by atoms with van der Waals surface area (Å²) in [5.41, 5.74) is 2.01. The van der Waals surface area contributed by atoms with E-state index in [1.807, 2.05) is 0 Å². The van der Waals surface area contributed by atoms with Gasteiger partial charge in [-0.25, -0.2) is 9.37 Å². The van der Waals surface area contributed by atoms with Crippen molar-refractivity contribution in [2.45, 2.75) is 6.54 Å². The maximum atomic E-state index is 14.4. The second kappa shape index (κ2) is 7.77. The van der Waals surface area contributed by atoms with Crippen LogP contribution in [-0.4, -0.2) is 74.4 Å². The number of rotatable bonds is 5. The molecule has 1 saturated heterocycles. The highest BCUT2D eigenvalue weighted by Gasteiger charge is 2.25. The van der Waals surface area contributed by atoms with E-state index in [0.717, 1.165) is 5.56 Å². The summed E-state index contributed by atoms with van der Waals surface area (Å²) in [5.74, 6) is 0.198. The van der Waals surface area contributed by atoms with E-state index in [1.54, 1.807) is 23.2 Å². The molecule has 2 N–H and O–H groups in total. The van der Waals surface area contributed by atoms with E-state index in [9.17, 15) is 9.18 Å². The Hall–Kier alpha value is -3.27. The fourth-order valence-corrected chi connectivity index (χ4v) is 3.30. The molecule has 28 heavy (non-hydrogen) atoms. The fraction of sp³-hybridized carbons (Fsp3) is 0.333. The number of halogens is 1. The molecule has 2 aromatic heterocycles. The number of hydrogen-bond donors (Lipinski definition) is 2. The third-order valence-corrected chi connectivity index (χ3v) is 4.83. The van der Waals surface area contributed by atoms with E-state index in [4.69, 9.17) is 4.74 Å². The Morgan fingerprint density at radius 2 is 2.04 bits per heavy atom. The SMILES string of the molecule is COc1ccc(-c2[nH]ncc2CN2CCN(C(=O)c3ncn[nH]3)CC2)c(F)c1. The van der Waals surface area contributed by atoms with Crippen LogP contribution in [0.4, 0.5) is 4.39 Å². The van der Waals surface area contributed by atoms with Gasteiger partial charge in [0.05, 0.1) is 19.0 Å². The molecule has 3 aromatic rings. The zero-order valence-corrected chi connectivity index (χ0v) is 15.4. The highest BCUT2D eigenvalue weighted by molar-refractivity contribution is 5.90. The van der Waals surface area contributed by atoms with E-state index in [1.165, 1.54) is 19.5 Å². The molecule has 0 spiro atoms. The van der Waals surface area contributed by atoms with Gasteiger partial charge in [0.1, 0.15) is 17.9 Å². The summed E-state index contributed by atoms with van der Waals surface area (Å²) < 4.78 is 19.5. The number of ether oxygens (including phenoxy) is 1. The van der Waals surface area contributed by atoms with Crippen molar-refractivity contribution in [1.82, 2.24) is 35.2 Å². The first kappa shape index (κ1) is 18.1. The lowest BCUT2D eigenvalue weighted by atomic mass is 10.1. The monoisotopic (exact) mass is 385 g/mol. The molecule has 1 fully saturated rings. The summed E-state index contributed by atoms with van der Waals surface area (Å²) in [7, 11) is 1.50. The molecule has 4 rings (SSSR count). The average molecular weight is 385 g/mol. The quantitative estimate of drug-likeness (QED) is 0.686. The number of hydrogen-bond acceptors (Lipinski definition) is 6. The predicted molar refractivity (Wildman–Crippen MR) is 98.1 cm³/mol. The van der Waals surface area contributed by atoms with Gasteiger partial charge in [-0.2, -0.15) is 10.2 Å². The van der Waals surface area contributed by atoms with E-state index < -0.39 is 0 Å². The number of aromatic nitrogens is 5. The lowest BCUT2D eigenvalue weighted by Crippen LogP contribution is -2.48. The number of nitrogens with zero attached hydrogens (tertiary/aromatic N) is 5. The van der Waals surface area contributed by atoms with Crippen molar-refractivity contribution in [3.05, 3.63) is 47.9 Å². The molecular weight excluding hydrogens is 365 g/mol. The first-order chi connectivity index (χ1) is 13.7. The van der Waals surface area contributed by atoms with Gasteiger partial charge >= 0.3 is 0 Å². The molecule has 146 valence electrons. The maximum Gasteiger partial charge on any atom is 0.291 e. The number of H-pyrrole nitrogens is 2. The number of aromatic amines is 2. The first-order valence-corrected chi connectivity index (χ1v) is 8.89. The molecule has 0 saturated carbocycles. The standard InChI is InChI=1S/C18H20FN7O2/c1-28-13-2-3-14(15(19)8-13)16-12(9-21-23-16)10-25-4-6-26(7-5-25)18(27)17-20-11-22-24-17/h2-3,8-9,11H,4-7,10H2,1H3,(H,21,23)(H,20,22,24). The molecule has 0 radical (unpaired) electrons. The minimum absolute atomic E-state index is 0.151. The van der Waals surface area contributed by atoms with Gasteiger partial charge in [-0.3, -0.25) is 19.9 Å². The Labute approximate surface area is 160 Å². The summed E-state index contributed by atoms with van der Waals surface area (Å²) >= 11 is 0. The minimum Gasteiger partial charge on any atom is -0.497 e. The predicted octanol–water partition coefficient (Wildman–Crippen LogP) is 1.30. The lowest BCUT2D eigenvalue weighted by molar-refractivity contribution is 0.0617. The highest BCUT2D eigenvalue weighted by atomic mass is 19.1. The van der Waals surface area contributed by atoms with Crippen molar-refractivity contribution in [2.24, 2.45) is 0 Å². The van der Waals surface area contributed by atoms with Gasteiger partial charge in [0.2, 0.25) is 5.82 Å². The van der Waals surface area contributed by atoms with Crippen LogP contribution in [0.1, 0.15) is 16.2 Å². The van der Waals surface area contributed by atoms with Crippen LogP contribution >= 0.6 is 0 Å². The molecule has 9 nitrogen and oxygen atoms in total. The van der Waals surface area contributed by atoms with Crippen molar-refractivity contribution in [2.75, 3.05) is 33.3 Å². The third-order valence-electron chi connectivity index (χ3n) is 4.83. The summed E-state index contributed by atoms with van der Waals surface area (Å²) in [6.07, 6.45) is 3.03. The molecule has 1 amide bonds. The summed E-state index contributed by atoms with van der Waals surface area (Å²) in [6, 6.07) is 4.75. The van der Waals surface area contributed by atoms with Gasteiger partial charge in [-0.1, -0.05) is 0 Å². The molecule has 1 aromatic carbocycles. The highest BCUT2D eigenvalue weighted by Crippen LogP contribution is 2.28. The number of nitrogens with one attached hydrogen (secondary N) is 2. The Bertz CT molecular complexity index is 949. The third kappa shape index (κ3) is 3.58. The smallest absolute Gasteiger partial charge is 0.291 e. The van der Waals surface area contributed by atoms with Crippen LogP contribution in [0.15, 0.2) is 30.7 Å². The molecule has 0 aliphatic carbocycles. The Kier molecular flexibility index (Phi) is 5.02. The van der Waals surface area contributed by atoms with E-state index in [-0.39, 0.29) is 17.5 Å². The van der Waals surface area contributed by atoms with Crippen molar-refractivity contribution >= 4 is 5.91 Å². The summed E-state index contributed by atoms with van der Waals surface area (Å²) in [6.45, 7) is 3.19. The van der Waals surface area contributed by atoms with Crippen LogP contribution in [0.2, 0.25) is 0 Å². The normalized spacial score (nSPS) is 15.0. The topological polar surface area (TPSA) is 103 Å². The largest absolute Gasteiger partial charge is 0.497 e. The summed E-state index contributed by atoms with van der Waals surface area (Å²) in [4.78, 5) is 20.2. The van der Waals surface area contributed by atoms with Gasteiger partial charge in [0.15, 0.2) is 0 Å². The van der Waals surface area contributed by atoms with Gasteiger partial charge in [-0.05, 0) is 12.1 Å². The van der Waals surface area contributed by atoms with E-state index in [0.29, 0.717) is 49.7 Å². The van der Waals surface area contributed by atoms with Crippen LogP contribution in [0.5, 0.6) is 5.75 Å². The van der Waals surface area contributed by atoms with Gasteiger partial charge in [0, 0.05) is 49.9 Å². The number of piperazine rings is 1. The molecule has 10 heteroatoms. The molecular formula is C18H20FN7O2. The number of carbonyl (C=O) groups excluding carboxylic acids is 1. The minimum atomic E-state index is -0.368. The zero-order valence-electron chi connectivity index (χ0n) is 15.4. The molecule has 0 bridgehead atoms. The van der Waals surface area contributed by atoms with Crippen LogP contribution in [0, 0.1) is 5.82 Å². The Morgan fingerprint density at radius 1 is 1.21 bits per heavy atom. The van der Waals surface area contributed by atoms with Crippen molar-refractivity contribution < 1.29 is 13.9 Å². The number of carbonyl (C=O) groups is 1. The van der Waals surface area contributed by atoms with Crippen LogP contribution in [0.3, 0.4) is 0 Å². The maximum absolute atomic E-state index is 14.4. The van der Waals surface area contributed by atoms with Crippen molar-refractivity contribution in [3.8, 4) is 17.0 Å². The average Bonchev–Trinajstić information content (AvgIpc) is 3.40. The van der Waals surface area contributed by atoms with Crippen LogP contribution < -0.4 is 4.74 Å². The molecule has 1 aliphatic rings. The number of methoxy groups -OCH3 is 1. The molecule has 0 unspecified atom stereocenters. The number of amides is 1. The number of benzene rings is 1. The fourth-order valence-electron chi connectivity index (χ4n) is 3.30. The molecule has 3 heterocycles. The van der Waals surface area contributed by atoms with Crippen molar-refractivity contribution in [1.29, 1.82) is 0 Å². The van der Waals surface area contributed by atoms with Crippen LogP contribution in [-0.2, 0) is 6.54 Å². The van der Waals surface area contributed by atoms with E-state index in [2.05, 4.69) is 30.3 Å². The Morgan fingerprint density at radius 3 is 2.71 bits per heavy atom. The van der Waals surface area contributed by atoms with Gasteiger partial charge in [-0.15, -0.1) is 0 Å². The zero-order chi connectivity index (χ0) is 19.5. The molecule has 1 aliphatic heterocycles. The van der Waals surface area contributed by atoms with Gasteiger partial charge in [0.25, 0.3) is 5.91 Å². The molecule has 0 atom stereocenters. The second-order valence-electron chi connectivity index (χ2n) is 6.52. The Balaban J connectivity index is 1.42. The van der Waals surface area contributed by atoms with Crippen molar-refractivity contribution in [3.63, 3.8) is 0 Å². The first-order valence-electron chi connectivity index (χ1n) is 8.89.